The van der Waals surface area contributed by atoms with E-state index in [2.05, 4.69) is 17.4 Å². The molecule has 162 valence electrons. The van der Waals surface area contributed by atoms with Crippen molar-refractivity contribution < 1.29 is 14.3 Å². The summed E-state index contributed by atoms with van der Waals surface area (Å²) in [6.07, 6.45) is 3.40. The third-order valence-electron chi connectivity index (χ3n) is 5.59. The lowest BCUT2D eigenvalue weighted by atomic mass is 10.0. The zero-order valence-corrected chi connectivity index (χ0v) is 18.2. The molecule has 32 heavy (non-hydrogen) atoms. The van der Waals surface area contributed by atoms with Crippen molar-refractivity contribution in [2.24, 2.45) is 0 Å². The molecule has 0 radical (unpaired) electrons. The number of nitrogens with one attached hydrogen (secondary N) is 1. The minimum absolute atomic E-state index is 0.123. The maximum Gasteiger partial charge on any atom is 0.294 e. The SMILES string of the molecule is COc1ccc(-c2cc3ccccn3c2C(=O)C(=O)N[C@@H](C)CCc2ccccc2)cc1. The molecular formula is C27H26N2O3. The average molecular weight is 427 g/mol. The van der Waals surface area contributed by atoms with Gasteiger partial charge in [-0.2, -0.15) is 0 Å². The summed E-state index contributed by atoms with van der Waals surface area (Å²) in [4.78, 5) is 26.2. The third kappa shape index (κ3) is 4.57. The van der Waals surface area contributed by atoms with Crippen LogP contribution in [0.4, 0.5) is 0 Å². The van der Waals surface area contributed by atoms with E-state index in [0.717, 1.165) is 35.2 Å². The van der Waals surface area contributed by atoms with E-state index in [9.17, 15) is 9.59 Å². The zero-order valence-electron chi connectivity index (χ0n) is 18.2. The molecule has 0 aliphatic carbocycles. The highest BCUT2D eigenvalue weighted by Crippen LogP contribution is 2.29. The van der Waals surface area contributed by atoms with E-state index in [1.807, 2.05) is 79.9 Å². The smallest absolute Gasteiger partial charge is 0.294 e. The molecule has 0 unspecified atom stereocenters. The highest BCUT2D eigenvalue weighted by Gasteiger charge is 2.25. The second kappa shape index (κ2) is 9.52. The summed E-state index contributed by atoms with van der Waals surface area (Å²) in [5.41, 5.74) is 3.99. The van der Waals surface area contributed by atoms with Gasteiger partial charge in [0.05, 0.1) is 7.11 Å². The summed E-state index contributed by atoms with van der Waals surface area (Å²) in [7, 11) is 1.61. The molecule has 2 heterocycles. The number of benzene rings is 2. The van der Waals surface area contributed by atoms with E-state index in [0.29, 0.717) is 5.69 Å². The summed E-state index contributed by atoms with van der Waals surface area (Å²) < 4.78 is 7.02. The number of Topliss-reactive ketones (excluding diaryl/α,β-unsaturated/α-hetero) is 1. The number of carbonyl (C=O) groups is 2. The second-order valence-corrected chi connectivity index (χ2v) is 7.86. The molecule has 0 fully saturated rings. The molecule has 0 spiro atoms. The first kappa shape index (κ1) is 21.4. The van der Waals surface area contributed by atoms with Gasteiger partial charge in [0.1, 0.15) is 11.4 Å². The van der Waals surface area contributed by atoms with Crippen molar-refractivity contribution in [3.63, 3.8) is 0 Å². The number of carbonyl (C=O) groups excluding carboxylic acids is 2. The number of methoxy groups -OCH3 is 1. The fourth-order valence-corrected chi connectivity index (χ4v) is 3.84. The molecule has 5 nitrogen and oxygen atoms in total. The van der Waals surface area contributed by atoms with Crippen LogP contribution in [0, 0.1) is 0 Å². The summed E-state index contributed by atoms with van der Waals surface area (Å²) in [5, 5.41) is 2.88. The Labute approximate surface area is 187 Å². The first-order valence-corrected chi connectivity index (χ1v) is 10.7. The Morgan fingerprint density at radius 3 is 2.41 bits per heavy atom. The van der Waals surface area contributed by atoms with Crippen LogP contribution >= 0.6 is 0 Å². The molecule has 4 aromatic rings. The van der Waals surface area contributed by atoms with E-state index in [-0.39, 0.29) is 6.04 Å². The molecule has 1 N–H and O–H groups in total. The molecule has 2 aromatic heterocycles. The number of pyridine rings is 1. The van der Waals surface area contributed by atoms with Gasteiger partial charge in [0, 0.05) is 23.3 Å². The van der Waals surface area contributed by atoms with E-state index < -0.39 is 11.7 Å². The van der Waals surface area contributed by atoms with Gasteiger partial charge >= 0.3 is 0 Å². The fraction of sp³-hybridized carbons (Fsp3) is 0.185. The Bertz CT molecular complexity index is 1230. The number of amides is 1. The van der Waals surface area contributed by atoms with Gasteiger partial charge in [0.15, 0.2) is 0 Å². The van der Waals surface area contributed by atoms with Crippen LogP contribution in [0.2, 0.25) is 0 Å². The number of ether oxygens (including phenoxy) is 1. The number of ketones is 1. The van der Waals surface area contributed by atoms with Crippen molar-refractivity contribution in [3.05, 3.63) is 96.3 Å². The van der Waals surface area contributed by atoms with Gasteiger partial charge in [-0.3, -0.25) is 9.59 Å². The Hall–Kier alpha value is -3.86. The Morgan fingerprint density at radius 2 is 1.69 bits per heavy atom. The van der Waals surface area contributed by atoms with Gasteiger partial charge in [0.25, 0.3) is 11.7 Å². The topological polar surface area (TPSA) is 59.8 Å². The van der Waals surface area contributed by atoms with E-state index in [4.69, 9.17) is 4.74 Å². The van der Waals surface area contributed by atoms with Crippen LogP contribution in [0.1, 0.15) is 29.4 Å². The van der Waals surface area contributed by atoms with Crippen molar-refractivity contribution in [3.8, 4) is 16.9 Å². The van der Waals surface area contributed by atoms with Crippen LogP contribution in [0.15, 0.2) is 85.1 Å². The molecule has 1 atom stereocenters. The summed E-state index contributed by atoms with van der Waals surface area (Å²) in [6, 6.07) is 25.1. The van der Waals surface area contributed by atoms with Gasteiger partial charge in [-0.15, -0.1) is 0 Å². The highest BCUT2D eigenvalue weighted by molar-refractivity contribution is 6.43. The van der Waals surface area contributed by atoms with Gasteiger partial charge in [-0.1, -0.05) is 48.5 Å². The molecule has 0 saturated carbocycles. The molecule has 0 bridgehead atoms. The minimum Gasteiger partial charge on any atom is -0.497 e. The molecule has 1 amide bonds. The van der Waals surface area contributed by atoms with Crippen molar-refractivity contribution in [1.82, 2.24) is 9.72 Å². The molecular weight excluding hydrogens is 400 g/mol. The number of hydrogen-bond donors (Lipinski definition) is 1. The predicted octanol–water partition coefficient (Wildman–Crippen LogP) is 4.94. The summed E-state index contributed by atoms with van der Waals surface area (Å²) >= 11 is 0. The number of fused-ring (bicyclic) bond motifs is 1. The van der Waals surface area contributed by atoms with Gasteiger partial charge in [-0.05, 0) is 61.2 Å². The van der Waals surface area contributed by atoms with E-state index >= 15 is 0 Å². The number of rotatable bonds is 8. The normalized spacial score (nSPS) is 11.8. The zero-order chi connectivity index (χ0) is 22.5. The maximum atomic E-state index is 13.3. The lowest BCUT2D eigenvalue weighted by molar-refractivity contribution is -0.117. The number of aromatic nitrogens is 1. The van der Waals surface area contributed by atoms with Crippen LogP contribution in [0.3, 0.4) is 0 Å². The van der Waals surface area contributed by atoms with Crippen molar-refractivity contribution >= 4 is 17.2 Å². The Balaban J connectivity index is 1.57. The average Bonchev–Trinajstić information content (AvgIpc) is 3.22. The minimum atomic E-state index is -0.593. The summed E-state index contributed by atoms with van der Waals surface area (Å²) in [5.74, 6) is -0.409. The fourth-order valence-electron chi connectivity index (χ4n) is 3.84. The quantitative estimate of drug-likeness (QED) is 0.321. The van der Waals surface area contributed by atoms with Crippen LogP contribution in [0.25, 0.3) is 16.6 Å². The maximum absolute atomic E-state index is 13.3. The first-order chi connectivity index (χ1) is 15.6. The Morgan fingerprint density at radius 1 is 0.969 bits per heavy atom. The third-order valence-corrected chi connectivity index (χ3v) is 5.59. The van der Waals surface area contributed by atoms with Crippen LogP contribution in [-0.2, 0) is 11.2 Å². The van der Waals surface area contributed by atoms with Crippen LogP contribution < -0.4 is 10.1 Å². The van der Waals surface area contributed by atoms with Gasteiger partial charge < -0.3 is 14.5 Å². The molecule has 2 aromatic carbocycles. The number of hydrogen-bond acceptors (Lipinski definition) is 3. The lowest BCUT2D eigenvalue weighted by Gasteiger charge is -2.14. The van der Waals surface area contributed by atoms with Crippen LogP contribution in [-0.4, -0.2) is 29.2 Å². The van der Waals surface area contributed by atoms with Crippen molar-refractivity contribution in [1.29, 1.82) is 0 Å². The monoisotopic (exact) mass is 426 g/mol. The van der Waals surface area contributed by atoms with Gasteiger partial charge in [-0.25, -0.2) is 0 Å². The lowest BCUT2D eigenvalue weighted by Crippen LogP contribution is -2.38. The molecule has 4 rings (SSSR count). The van der Waals surface area contributed by atoms with Crippen molar-refractivity contribution in [2.45, 2.75) is 25.8 Å². The van der Waals surface area contributed by atoms with Crippen LogP contribution in [0.5, 0.6) is 5.75 Å². The standard InChI is InChI=1S/C27H26N2O3/c1-19(11-12-20-8-4-3-5-9-20)28-27(31)26(30)25-24(18-22-10-6-7-17-29(22)25)21-13-15-23(32-2)16-14-21/h3-10,13-19H,11-12H2,1-2H3,(H,28,31)/t19-/m0/s1. The predicted molar refractivity (Wildman–Crippen MR) is 126 cm³/mol. The van der Waals surface area contributed by atoms with Gasteiger partial charge in [0.2, 0.25) is 0 Å². The van der Waals surface area contributed by atoms with E-state index in [1.165, 1.54) is 5.56 Å². The highest BCUT2D eigenvalue weighted by atomic mass is 16.5. The first-order valence-electron chi connectivity index (χ1n) is 10.7. The number of aryl methyl sites for hydroxylation is 1. The number of nitrogens with zero attached hydrogens (tertiary/aromatic N) is 1. The van der Waals surface area contributed by atoms with Crippen molar-refractivity contribution in [2.75, 3.05) is 7.11 Å². The summed E-state index contributed by atoms with van der Waals surface area (Å²) in [6.45, 7) is 1.93. The second-order valence-electron chi connectivity index (χ2n) is 7.86. The van der Waals surface area contributed by atoms with E-state index in [1.54, 1.807) is 11.5 Å². The molecule has 0 saturated heterocycles. The molecule has 0 aliphatic rings. The molecule has 5 heteroatoms. The largest absolute Gasteiger partial charge is 0.497 e. The molecule has 0 aliphatic heterocycles. The Kier molecular flexibility index (Phi) is 6.36.